The zero-order valence-electron chi connectivity index (χ0n) is 7.95. The lowest BCUT2D eigenvalue weighted by molar-refractivity contribution is -0.148. The van der Waals surface area contributed by atoms with Crippen molar-refractivity contribution in [3.8, 4) is 0 Å². The summed E-state index contributed by atoms with van der Waals surface area (Å²) in [7, 11) is 0. The Morgan fingerprint density at radius 1 is 1.77 bits per heavy atom. The molecule has 73 valence electrons. The quantitative estimate of drug-likeness (QED) is 0.645. The molecular weight excluding hydrogens is 166 g/mol. The van der Waals surface area contributed by atoms with Gasteiger partial charge >= 0.3 is 5.97 Å². The molecule has 0 aromatic carbocycles. The summed E-state index contributed by atoms with van der Waals surface area (Å²) in [6, 6.07) is 0. The molecule has 2 N–H and O–H groups in total. The number of fused-ring (bicyclic) bond motifs is 2. The van der Waals surface area contributed by atoms with E-state index in [1.807, 2.05) is 13.3 Å². The Hall–Kier alpha value is -0.570. The first kappa shape index (κ1) is 9.00. The number of hydrogen-bond donors (Lipinski definition) is 1. The monoisotopic (exact) mass is 182 g/mol. The highest BCUT2D eigenvalue weighted by molar-refractivity contribution is 5.75. The lowest BCUT2D eigenvalue weighted by atomic mass is 9.86. The number of carbonyl (C=O) groups is 1. The molecule has 3 heteroatoms. The first-order valence-electron chi connectivity index (χ1n) is 4.96. The van der Waals surface area contributed by atoms with Crippen LogP contribution in [0.4, 0.5) is 0 Å². The van der Waals surface area contributed by atoms with Gasteiger partial charge in [0.2, 0.25) is 0 Å². The van der Waals surface area contributed by atoms with E-state index in [1.54, 1.807) is 0 Å². The average Bonchev–Trinajstić information content (AvgIpc) is 2.59. The average molecular weight is 182 g/mol. The molecule has 1 radical (unpaired) electrons. The van der Waals surface area contributed by atoms with Crippen molar-refractivity contribution < 1.29 is 9.53 Å². The molecule has 3 atom stereocenters. The molecule has 3 unspecified atom stereocenters. The predicted molar refractivity (Wildman–Crippen MR) is 48.7 cm³/mol. The van der Waals surface area contributed by atoms with Crippen LogP contribution in [0.15, 0.2) is 0 Å². The fourth-order valence-electron chi connectivity index (χ4n) is 2.60. The summed E-state index contributed by atoms with van der Waals surface area (Å²) in [5.74, 6) is 0.335. The Morgan fingerprint density at radius 3 is 3.00 bits per heavy atom. The van der Waals surface area contributed by atoms with Crippen LogP contribution in [0, 0.1) is 18.3 Å². The van der Waals surface area contributed by atoms with Crippen LogP contribution in [0.25, 0.3) is 0 Å². The molecule has 3 nitrogen and oxygen atoms in total. The third-order valence-corrected chi connectivity index (χ3v) is 3.20. The van der Waals surface area contributed by atoms with Crippen LogP contribution in [-0.4, -0.2) is 18.1 Å². The predicted octanol–water partition coefficient (Wildman–Crippen LogP) is 0.881. The second-order valence-electron chi connectivity index (χ2n) is 4.18. The van der Waals surface area contributed by atoms with E-state index in [0.717, 1.165) is 19.3 Å². The van der Waals surface area contributed by atoms with Gasteiger partial charge in [-0.2, -0.15) is 0 Å². The summed E-state index contributed by atoms with van der Waals surface area (Å²) in [5.41, 5.74) is 5.90. The van der Waals surface area contributed by atoms with Gasteiger partial charge in [0.1, 0.15) is 0 Å². The van der Waals surface area contributed by atoms with E-state index < -0.39 is 0 Å². The highest BCUT2D eigenvalue weighted by atomic mass is 16.5. The van der Waals surface area contributed by atoms with Crippen LogP contribution in [-0.2, 0) is 9.53 Å². The largest absolute Gasteiger partial charge is 0.466 e. The molecule has 2 aliphatic rings. The molecule has 13 heavy (non-hydrogen) atoms. The lowest BCUT2D eigenvalue weighted by Crippen LogP contribution is -2.38. The highest BCUT2D eigenvalue weighted by Gasteiger charge is 2.51. The summed E-state index contributed by atoms with van der Waals surface area (Å²) in [6.45, 7) is 2.30. The maximum Gasteiger partial charge on any atom is 0.309 e. The molecule has 0 amide bonds. The smallest absolute Gasteiger partial charge is 0.309 e. The van der Waals surface area contributed by atoms with Crippen LogP contribution >= 0.6 is 0 Å². The Morgan fingerprint density at radius 2 is 2.54 bits per heavy atom. The van der Waals surface area contributed by atoms with Gasteiger partial charge in [0, 0.05) is 5.54 Å². The normalized spacial score (nSPS) is 42.3. The molecule has 0 saturated heterocycles. The van der Waals surface area contributed by atoms with Crippen LogP contribution in [0.1, 0.15) is 26.2 Å². The molecule has 2 bridgehead atoms. The Kier molecular flexibility index (Phi) is 2.06. The van der Waals surface area contributed by atoms with Gasteiger partial charge in [-0.05, 0) is 38.5 Å². The van der Waals surface area contributed by atoms with E-state index >= 15 is 0 Å². The van der Waals surface area contributed by atoms with Crippen LogP contribution in [0.2, 0.25) is 0 Å². The van der Waals surface area contributed by atoms with Gasteiger partial charge in [0.05, 0.1) is 12.5 Å². The van der Waals surface area contributed by atoms with E-state index in [4.69, 9.17) is 10.5 Å². The van der Waals surface area contributed by atoms with Gasteiger partial charge in [-0.25, -0.2) is 0 Å². The fourth-order valence-corrected chi connectivity index (χ4v) is 2.60. The number of nitrogens with two attached hydrogens (primary N) is 1. The van der Waals surface area contributed by atoms with E-state index in [2.05, 4.69) is 0 Å². The molecule has 2 aliphatic carbocycles. The number of ether oxygens (including phenoxy) is 1. The first-order valence-corrected chi connectivity index (χ1v) is 4.96. The summed E-state index contributed by atoms with van der Waals surface area (Å²) in [6.07, 6.45) is 5.08. The van der Waals surface area contributed by atoms with E-state index in [0.29, 0.717) is 12.5 Å². The minimum absolute atomic E-state index is 0.0290. The van der Waals surface area contributed by atoms with Gasteiger partial charge in [-0.3, -0.25) is 4.79 Å². The van der Waals surface area contributed by atoms with Gasteiger partial charge in [0.15, 0.2) is 0 Å². The molecule has 2 rings (SSSR count). The fraction of sp³-hybridized carbons (Fsp3) is 0.800. The second kappa shape index (κ2) is 2.98. The third kappa shape index (κ3) is 1.46. The first-order chi connectivity index (χ1) is 6.14. The standard InChI is InChI=1S/C10H16NO2/c1-2-13-9(12)8-6-10(11)4-3-7(8)5-10/h6-8H,2-5,11H2,1H3. The van der Waals surface area contributed by atoms with Crippen LogP contribution in [0.5, 0.6) is 0 Å². The van der Waals surface area contributed by atoms with Crippen molar-refractivity contribution >= 4 is 5.97 Å². The minimum atomic E-state index is -0.165. The Labute approximate surface area is 78.6 Å². The molecule has 2 saturated carbocycles. The summed E-state index contributed by atoms with van der Waals surface area (Å²) < 4.78 is 5.00. The van der Waals surface area contributed by atoms with E-state index in [1.165, 1.54) is 0 Å². The molecule has 0 heterocycles. The second-order valence-corrected chi connectivity index (χ2v) is 4.18. The Bertz CT molecular complexity index is 229. The van der Waals surface area contributed by atoms with Crippen molar-refractivity contribution in [3.05, 3.63) is 6.42 Å². The minimum Gasteiger partial charge on any atom is -0.466 e. The summed E-state index contributed by atoms with van der Waals surface area (Å²) >= 11 is 0. The lowest BCUT2D eigenvalue weighted by Gasteiger charge is -2.24. The number of rotatable bonds is 2. The maximum absolute atomic E-state index is 11.5. The summed E-state index contributed by atoms with van der Waals surface area (Å²) in [4.78, 5) is 11.5. The topological polar surface area (TPSA) is 52.3 Å². The molecular formula is C10H16NO2. The zero-order chi connectivity index (χ0) is 9.47. The number of esters is 1. The molecule has 0 spiro atoms. The zero-order valence-corrected chi connectivity index (χ0v) is 7.95. The number of hydrogen-bond acceptors (Lipinski definition) is 3. The van der Waals surface area contributed by atoms with Gasteiger partial charge < -0.3 is 10.5 Å². The van der Waals surface area contributed by atoms with E-state index in [9.17, 15) is 4.79 Å². The molecule has 0 aliphatic heterocycles. The van der Waals surface area contributed by atoms with Crippen molar-refractivity contribution in [2.24, 2.45) is 17.6 Å². The van der Waals surface area contributed by atoms with Gasteiger partial charge in [-0.1, -0.05) is 0 Å². The van der Waals surface area contributed by atoms with E-state index in [-0.39, 0.29) is 17.4 Å². The Balaban J connectivity index is 2.00. The maximum atomic E-state index is 11.5. The SMILES string of the molecule is CCOC(=O)C1[CH]C2(N)CCC1C2. The molecule has 2 fully saturated rings. The van der Waals surface area contributed by atoms with Crippen molar-refractivity contribution in [3.63, 3.8) is 0 Å². The van der Waals surface area contributed by atoms with Gasteiger partial charge in [0.25, 0.3) is 0 Å². The van der Waals surface area contributed by atoms with Crippen molar-refractivity contribution in [2.75, 3.05) is 6.61 Å². The number of carbonyl (C=O) groups excluding carboxylic acids is 1. The summed E-state index contributed by atoms with van der Waals surface area (Å²) in [5, 5.41) is 0. The molecule has 0 aromatic heterocycles. The van der Waals surface area contributed by atoms with Crippen molar-refractivity contribution in [1.29, 1.82) is 0 Å². The highest BCUT2D eigenvalue weighted by Crippen LogP contribution is 2.49. The van der Waals surface area contributed by atoms with Crippen molar-refractivity contribution in [1.82, 2.24) is 0 Å². The third-order valence-electron chi connectivity index (χ3n) is 3.20. The van der Waals surface area contributed by atoms with Crippen molar-refractivity contribution in [2.45, 2.75) is 31.7 Å². The molecule has 0 aromatic rings. The van der Waals surface area contributed by atoms with Crippen LogP contribution < -0.4 is 5.73 Å². The van der Waals surface area contributed by atoms with Crippen LogP contribution in [0.3, 0.4) is 0 Å². The van der Waals surface area contributed by atoms with Gasteiger partial charge in [-0.15, -0.1) is 0 Å².